The van der Waals surface area contributed by atoms with Crippen molar-refractivity contribution in [3.63, 3.8) is 0 Å². The van der Waals surface area contributed by atoms with Gasteiger partial charge in [-0.25, -0.2) is 0 Å². The highest BCUT2D eigenvalue weighted by Gasteiger charge is 2.19. The van der Waals surface area contributed by atoms with Crippen LogP contribution >= 0.6 is 7.92 Å². The van der Waals surface area contributed by atoms with Gasteiger partial charge in [-0.2, -0.15) is 0 Å². The van der Waals surface area contributed by atoms with Gasteiger partial charge in [-0.3, -0.25) is 0 Å². The van der Waals surface area contributed by atoms with E-state index >= 15 is 0 Å². The van der Waals surface area contributed by atoms with Crippen LogP contribution in [0.15, 0.2) is 0 Å². The molecule has 0 aromatic heterocycles. The minimum Gasteiger partial charge on any atom is -0.104 e. The molecule has 0 saturated heterocycles. The van der Waals surface area contributed by atoms with E-state index in [1.807, 2.05) is 0 Å². The Hall–Kier alpha value is 0.430. The molecule has 0 radical (unpaired) electrons. The molecule has 10 heavy (non-hydrogen) atoms. The first kappa shape index (κ1) is 10.4. The Balaban J connectivity index is 3.73. The van der Waals surface area contributed by atoms with E-state index < -0.39 is 0 Å². The third kappa shape index (κ3) is 4.28. The molecule has 0 spiro atoms. The highest BCUT2D eigenvalue weighted by atomic mass is 31.1. The summed E-state index contributed by atoms with van der Waals surface area (Å²) in [6.07, 6.45) is 1.42. The van der Waals surface area contributed by atoms with Crippen LogP contribution in [-0.4, -0.2) is 18.0 Å². The zero-order chi connectivity index (χ0) is 8.36. The number of hydrogen-bond acceptors (Lipinski definition) is 0. The summed E-state index contributed by atoms with van der Waals surface area (Å²) in [7, 11) is 0.239. The first-order valence-electron chi connectivity index (χ1n) is 4.05. The maximum Gasteiger partial charge on any atom is -0.0182 e. The molecular formula is C9H21P. The van der Waals surface area contributed by atoms with E-state index in [2.05, 4.69) is 41.3 Å². The molecule has 0 fully saturated rings. The molecule has 0 aliphatic rings. The van der Waals surface area contributed by atoms with Gasteiger partial charge in [0.15, 0.2) is 0 Å². The summed E-state index contributed by atoms with van der Waals surface area (Å²) in [5.74, 6) is 0.871. The van der Waals surface area contributed by atoms with Crippen LogP contribution in [0.25, 0.3) is 0 Å². The van der Waals surface area contributed by atoms with E-state index in [0.717, 1.165) is 5.92 Å². The quantitative estimate of drug-likeness (QED) is 0.542. The van der Waals surface area contributed by atoms with Crippen molar-refractivity contribution in [2.45, 2.75) is 39.8 Å². The van der Waals surface area contributed by atoms with Gasteiger partial charge in [0.05, 0.1) is 0 Å². The van der Waals surface area contributed by atoms with Crippen molar-refractivity contribution in [1.29, 1.82) is 0 Å². The van der Waals surface area contributed by atoms with Gasteiger partial charge in [0.25, 0.3) is 0 Å². The van der Waals surface area contributed by atoms with Crippen molar-refractivity contribution in [1.82, 2.24) is 0 Å². The van der Waals surface area contributed by atoms with Gasteiger partial charge in [0, 0.05) is 0 Å². The second-order valence-electron chi connectivity index (χ2n) is 4.45. The zero-order valence-electron chi connectivity index (χ0n) is 8.23. The Bertz CT molecular complexity index is 89.4. The molecule has 1 atom stereocenters. The van der Waals surface area contributed by atoms with Crippen LogP contribution in [0, 0.1) is 5.92 Å². The molecule has 0 nitrogen and oxygen atoms in total. The lowest BCUT2D eigenvalue weighted by atomic mass is 10.2. The highest BCUT2D eigenvalue weighted by molar-refractivity contribution is 7.58. The molecule has 0 aliphatic heterocycles. The summed E-state index contributed by atoms with van der Waals surface area (Å²) in [6.45, 7) is 14.1. The lowest BCUT2D eigenvalue weighted by Crippen LogP contribution is -2.14. The van der Waals surface area contributed by atoms with Crippen LogP contribution in [0.2, 0.25) is 0 Å². The molecule has 0 N–H and O–H groups in total. The third-order valence-electron chi connectivity index (χ3n) is 1.78. The van der Waals surface area contributed by atoms with Gasteiger partial charge in [-0.1, -0.05) is 34.6 Å². The van der Waals surface area contributed by atoms with Crippen molar-refractivity contribution in [3.05, 3.63) is 0 Å². The van der Waals surface area contributed by atoms with Crippen LogP contribution < -0.4 is 0 Å². The molecule has 0 aliphatic carbocycles. The average molecular weight is 160 g/mol. The molecule has 0 amide bonds. The summed E-state index contributed by atoms with van der Waals surface area (Å²) in [5.41, 5.74) is 0. The Morgan fingerprint density at radius 2 is 1.60 bits per heavy atom. The van der Waals surface area contributed by atoms with Crippen molar-refractivity contribution < 1.29 is 0 Å². The van der Waals surface area contributed by atoms with Gasteiger partial charge < -0.3 is 0 Å². The van der Waals surface area contributed by atoms with Gasteiger partial charge >= 0.3 is 0 Å². The van der Waals surface area contributed by atoms with E-state index in [1.54, 1.807) is 0 Å². The van der Waals surface area contributed by atoms with Crippen molar-refractivity contribution >= 4 is 7.92 Å². The third-order valence-corrected chi connectivity index (χ3v) is 5.35. The highest BCUT2D eigenvalue weighted by Crippen LogP contribution is 2.46. The topological polar surface area (TPSA) is 0 Å². The first-order valence-corrected chi connectivity index (χ1v) is 6.02. The van der Waals surface area contributed by atoms with Gasteiger partial charge in [0.1, 0.15) is 0 Å². The maximum absolute atomic E-state index is 2.41. The van der Waals surface area contributed by atoms with Gasteiger partial charge in [-0.05, 0) is 23.9 Å². The predicted octanol–water partition coefficient (Wildman–Crippen LogP) is 3.55. The largest absolute Gasteiger partial charge is 0.104 e. The summed E-state index contributed by atoms with van der Waals surface area (Å²) in [5, 5.41) is 0.555. The van der Waals surface area contributed by atoms with E-state index in [9.17, 15) is 0 Å². The van der Waals surface area contributed by atoms with Crippen molar-refractivity contribution in [2.75, 3.05) is 12.8 Å². The second-order valence-corrected chi connectivity index (χ2v) is 7.55. The van der Waals surface area contributed by atoms with Gasteiger partial charge in [-0.15, -0.1) is 7.92 Å². The minimum atomic E-state index is 0.239. The number of hydrogen-bond donors (Lipinski definition) is 0. The average Bonchev–Trinajstić information content (AvgIpc) is 1.60. The SMILES string of the molecule is CC(C)CP(C)C(C)(C)C. The summed E-state index contributed by atoms with van der Waals surface area (Å²) >= 11 is 0. The Morgan fingerprint density at radius 3 is 1.70 bits per heavy atom. The molecule has 0 saturated carbocycles. The van der Waals surface area contributed by atoms with Crippen LogP contribution in [0.3, 0.4) is 0 Å². The second kappa shape index (κ2) is 3.72. The van der Waals surface area contributed by atoms with E-state index in [4.69, 9.17) is 0 Å². The molecule has 62 valence electrons. The minimum absolute atomic E-state index is 0.239. The lowest BCUT2D eigenvalue weighted by Gasteiger charge is -2.29. The van der Waals surface area contributed by atoms with Crippen molar-refractivity contribution in [3.8, 4) is 0 Å². The predicted molar refractivity (Wildman–Crippen MR) is 52.3 cm³/mol. The first-order chi connectivity index (χ1) is 4.34. The fourth-order valence-corrected chi connectivity index (χ4v) is 2.46. The molecule has 1 unspecified atom stereocenters. The van der Waals surface area contributed by atoms with E-state index in [1.165, 1.54) is 6.16 Å². The van der Waals surface area contributed by atoms with Crippen molar-refractivity contribution in [2.24, 2.45) is 5.92 Å². The molecule has 0 aromatic carbocycles. The molecule has 0 heterocycles. The van der Waals surface area contributed by atoms with Gasteiger partial charge in [0.2, 0.25) is 0 Å². The molecule has 0 rings (SSSR count). The Morgan fingerprint density at radius 1 is 1.20 bits per heavy atom. The summed E-state index contributed by atoms with van der Waals surface area (Å²) in [6, 6.07) is 0. The molecule has 1 heteroatoms. The smallest absolute Gasteiger partial charge is 0.0182 e. The van der Waals surface area contributed by atoms with Crippen LogP contribution in [0.5, 0.6) is 0 Å². The van der Waals surface area contributed by atoms with Crippen LogP contribution in [0.4, 0.5) is 0 Å². The molecular weight excluding hydrogens is 139 g/mol. The lowest BCUT2D eigenvalue weighted by molar-refractivity contribution is 0.717. The Labute approximate surface area is 67.2 Å². The fourth-order valence-electron chi connectivity index (χ4n) is 0.822. The zero-order valence-corrected chi connectivity index (χ0v) is 9.13. The normalized spacial score (nSPS) is 15.9. The standard InChI is InChI=1S/C9H21P/c1-8(2)7-10(6)9(3,4)5/h8H,7H2,1-6H3. The summed E-state index contributed by atoms with van der Waals surface area (Å²) in [4.78, 5) is 0. The number of rotatable bonds is 2. The van der Waals surface area contributed by atoms with Crippen LogP contribution in [0.1, 0.15) is 34.6 Å². The van der Waals surface area contributed by atoms with E-state index in [0.29, 0.717) is 5.16 Å². The maximum atomic E-state index is 2.41. The fraction of sp³-hybridized carbons (Fsp3) is 1.00. The Kier molecular flexibility index (Phi) is 3.88. The molecule has 0 aromatic rings. The van der Waals surface area contributed by atoms with Crippen LogP contribution in [-0.2, 0) is 0 Å². The monoisotopic (exact) mass is 160 g/mol. The van der Waals surface area contributed by atoms with E-state index in [-0.39, 0.29) is 7.92 Å². The summed E-state index contributed by atoms with van der Waals surface area (Å²) < 4.78 is 0. The molecule has 0 bridgehead atoms.